The Morgan fingerprint density at radius 1 is 0.903 bits per heavy atom. The zero-order valence-corrected chi connectivity index (χ0v) is 17.2. The molecule has 31 heavy (non-hydrogen) atoms. The molecule has 0 saturated heterocycles. The molecule has 0 aliphatic heterocycles. The van der Waals surface area contributed by atoms with Crippen LogP contribution < -0.4 is 0 Å². The molecule has 0 spiro atoms. The second-order valence-electron chi connectivity index (χ2n) is 7.59. The van der Waals surface area contributed by atoms with E-state index in [-0.39, 0.29) is 24.6 Å². The van der Waals surface area contributed by atoms with Gasteiger partial charge in [-0.2, -0.15) is 0 Å². The van der Waals surface area contributed by atoms with Crippen LogP contribution in [0.5, 0.6) is 0 Å². The standard InChI is InChI=1S/C26H24N2O3/c29-14-4-7-26(31)21-10-8-19(9-11-21)15-23(30)16-25-24(20-5-2-1-3-6-20)13-12-22-17-27-18-28(22)25/h1-3,5-6,8-13,17-18,29H,4,7,14-16H2. The van der Waals surface area contributed by atoms with Crippen molar-refractivity contribution in [3.8, 4) is 11.1 Å². The quantitative estimate of drug-likeness (QED) is 0.416. The van der Waals surface area contributed by atoms with Gasteiger partial charge in [0.1, 0.15) is 5.78 Å². The molecule has 4 rings (SSSR count). The number of Topliss-reactive ketones (excluding diaryl/α,β-unsaturated/α-hetero) is 2. The Bertz CT molecular complexity index is 1190. The zero-order valence-electron chi connectivity index (χ0n) is 17.2. The van der Waals surface area contributed by atoms with Gasteiger partial charge in [0.2, 0.25) is 0 Å². The zero-order chi connectivity index (χ0) is 21.6. The molecule has 0 atom stereocenters. The highest BCUT2D eigenvalue weighted by Crippen LogP contribution is 2.26. The lowest BCUT2D eigenvalue weighted by Gasteiger charge is -2.13. The summed E-state index contributed by atoms with van der Waals surface area (Å²) in [6.45, 7) is 0.00691. The topological polar surface area (TPSA) is 71.7 Å². The van der Waals surface area contributed by atoms with E-state index in [4.69, 9.17) is 5.11 Å². The summed E-state index contributed by atoms with van der Waals surface area (Å²) in [6, 6.07) is 21.3. The van der Waals surface area contributed by atoms with Crippen LogP contribution in [0.15, 0.2) is 79.3 Å². The lowest BCUT2D eigenvalue weighted by Crippen LogP contribution is -2.11. The summed E-state index contributed by atoms with van der Waals surface area (Å²) in [7, 11) is 0. The number of aliphatic hydroxyl groups excluding tert-OH is 1. The summed E-state index contributed by atoms with van der Waals surface area (Å²) in [6.07, 6.45) is 4.90. The molecule has 0 radical (unpaired) electrons. The predicted molar refractivity (Wildman–Crippen MR) is 120 cm³/mol. The van der Waals surface area contributed by atoms with Crippen molar-refractivity contribution in [3.63, 3.8) is 0 Å². The average Bonchev–Trinajstić information content (AvgIpc) is 3.28. The summed E-state index contributed by atoms with van der Waals surface area (Å²) in [4.78, 5) is 29.3. The number of aliphatic hydroxyl groups is 1. The normalized spacial score (nSPS) is 11.0. The molecule has 1 N–H and O–H groups in total. The second kappa shape index (κ2) is 9.49. The van der Waals surface area contributed by atoms with E-state index in [1.54, 1.807) is 24.7 Å². The molecule has 0 fully saturated rings. The van der Waals surface area contributed by atoms with E-state index in [1.807, 2.05) is 59.0 Å². The molecule has 4 aromatic rings. The number of benzene rings is 2. The molecule has 0 aliphatic rings. The number of pyridine rings is 1. The molecule has 5 heteroatoms. The molecule has 2 heterocycles. The Hall–Kier alpha value is -3.57. The van der Waals surface area contributed by atoms with Crippen LogP contribution in [0, 0.1) is 0 Å². The van der Waals surface area contributed by atoms with E-state index < -0.39 is 0 Å². The maximum atomic E-state index is 13.0. The monoisotopic (exact) mass is 412 g/mol. The molecular formula is C26H24N2O3. The number of imidazole rings is 1. The number of carbonyl (C=O) groups is 2. The Labute approximate surface area is 181 Å². The third-order valence-corrected chi connectivity index (χ3v) is 5.38. The van der Waals surface area contributed by atoms with Crippen LogP contribution >= 0.6 is 0 Å². The van der Waals surface area contributed by atoms with Crippen LogP contribution in [-0.4, -0.2) is 32.7 Å². The van der Waals surface area contributed by atoms with E-state index in [2.05, 4.69) is 4.98 Å². The molecular weight excluding hydrogens is 388 g/mol. The second-order valence-corrected chi connectivity index (χ2v) is 7.59. The van der Waals surface area contributed by atoms with Crippen molar-refractivity contribution in [2.24, 2.45) is 0 Å². The molecule has 2 aromatic carbocycles. The summed E-state index contributed by atoms with van der Waals surface area (Å²) in [5, 5.41) is 8.88. The molecule has 156 valence electrons. The van der Waals surface area contributed by atoms with Crippen molar-refractivity contribution >= 4 is 17.1 Å². The number of carbonyl (C=O) groups excluding carboxylic acids is 2. The fourth-order valence-electron chi connectivity index (χ4n) is 3.78. The van der Waals surface area contributed by atoms with Crippen molar-refractivity contribution in [1.29, 1.82) is 0 Å². The highest BCUT2D eigenvalue weighted by molar-refractivity contribution is 5.96. The van der Waals surface area contributed by atoms with Crippen LogP contribution in [0.4, 0.5) is 0 Å². The van der Waals surface area contributed by atoms with Gasteiger partial charge >= 0.3 is 0 Å². The van der Waals surface area contributed by atoms with E-state index >= 15 is 0 Å². The maximum absolute atomic E-state index is 13.0. The fourth-order valence-corrected chi connectivity index (χ4v) is 3.78. The van der Waals surface area contributed by atoms with Gasteiger partial charge in [-0.25, -0.2) is 4.98 Å². The van der Waals surface area contributed by atoms with Gasteiger partial charge in [-0.15, -0.1) is 0 Å². The molecule has 0 bridgehead atoms. The summed E-state index contributed by atoms with van der Waals surface area (Å²) in [5.74, 6) is 0.101. The number of nitrogens with zero attached hydrogens (tertiary/aromatic N) is 2. The third-order valence-electron chi connectivity index (χ3n) is 5.38. The van der Waals surface area contributed by atoms with Gasteiger partial charge in [0, 0.05) is 42.7 Å². The van der Waals surface area contributed by atoms with Crippen molar-refractivity contribution in [2.75, 3.05) is 6.61 Å². The number of rotatable bonds is 9. The minimum absolute atomic E-state index is 0.00575. The van der Waals surface area contributed by atoms with Crippen LogP contribution in [-0.2, 0) is 17.6 Å². The van der Waals surface area contributed by atoms with Gasteiger partial charge in [-0.3, -0.25) is 9.59 Å². The van der Waals surface area contributed by atoms with Gasteiger partial charge < -0.3 is 9.51 Å². The predicted octanol–water partition coefficient (Wildman–Crippen LogP) is 4.31. The Morgan fingerprint density at radius 3 is 2.42 bits per heavy atom. The highest BCUT2D eigenvalue weighted by atomic mass is 16.3. The average molecular weight is 412 g/mol. The van der Waals surface area contributed by atoms with Gasteiger partial charge in [0.05, 0.1) is 18.0 Å². The summed E-state index contributed by atoms with van der Waals surface area (Å²) < 4.78 is 1.98. The summed E-state index contributed by atoms with van der Waals surface area (Å²) >= 11 is 0. The Balaban J connectivity index is 1.54. The lowest BCUT2D eigenvalue weighted by molar-refractivity contribution is -0.117. The SMILES string of the molecule is O=C(Cc1ccc(C(=O)CCCO)cc1)Cc1c(-c2ccccc2)ccc2cncn12. The van der Waals surface area contributed by atoms with E-state index in [1.165, 1.54) is 0 Å². The minimum Gasteiger partial charge on any atom is -0.396 e. The molecule has 0 amide bonds. The lowest BCUT2D eigenvalue weighted by atomic mass is 9.97. The van der Waals surface area contributed by atoms with Crippen LogP contribution in [0.25, 0.3) is 16.6 Å². The molecule has 0 unspecified atom stereocenters. The van der Waals surface area contributed by atoms with Gasteiger partial charge in [-0.1, -0.05) is 60.7 Å². The van der Waals surface area contributed by atoms with Crippen LogP contribution in [0.3, 0.4) is 0 Å². The molecule has 5 nitrogen and oxygen atoms in total. The highest BCUT2D eigenvalue weighted by Gasteiger charge is 2.15. The van der Waals surface area contributed by atoms with E-state index in [0.717, 1.165) is 27.9 Å². The van der Waals surface area contributed by atoms with Crippen molar-refractivity contribution in [2.45, 2.75) is 25.7 Å². The van der Waals surface area contributed by atoms with Gasteiger partial charge in [0.25, 0.3) is 0 Å². The molecule has 0 saturated carbocycles. The van der Waals surface area contributed by atoms with E-state index in [0.29, 0.717) is 24.8 Å². The number of ketones is 2. The fraction of sp³-hybridized carbons (Fsp3) is 0.192. The Morgan fingerprint density at radius 2 is 1.68 bits per heavy atom. The molecule has 2 aromatic heterocycles. The third kappa shape index (κ3) is 4.78. The maximum Gasteiger partial charge on any atom is 0.162 e. The summed E-state index contributed by atoms with van der Waals surface area (Å²) in [5.41, 5.74) is 5.44. The first-order valence-electron chi connectivity index (χ1n) is 10.4. The smallest absolute Gasteiger partial charge is 0.162 e. The Kier molecular flexibility index (Phi) is 6.34. The van der Waals surface area contributed by atoms with Crippen LogP contribution in [0.1, 0.15) is 34.5 Å². The van der Waals surface area contributed by atoms with Crippen molar-refractivity contribution in [1.82, 2.24) is 9.38 Å². The molecule has 0 aliphatic carbocycles. The minimum atomic E-state index is 0.00575. The van der Waals surface area contributed by atoms with Gasteiger partial charge in [-0.05, 0) is 23.6 Å². The van der Waals surface area contributed by atoms with Gasteiger partial charge in [0.15, 0.2) is 5.78 Å². The van der Waals surface area contributed by atoms with Crippen molar-refractivity contribution < 1.29 is 14.7 Å². The first-order valence-corrected chi connectivity index (χ1v) is 10.4. The largest absolute Gasteiger partial charge is 0.396 e. The number of fused-ring (bicyclic) bond motifs is 1. The van der Waals surface area contributed by atoms with E-state index in [9.17, 15) is 9.59 Å². The number of hydrogen-bond donors (Lipinski definition) is 1. The number of hydrogen-bond acceptors (Lipinski definition) is 4. The first kappa shape index (κ1) is 20.7. The van der Waals surface area contributed by atoms with Crippen molar-refractivity contribution in [3.05, 3.63) is 96.1 Å². The first-order chi connectivity index (χ1) is 15.2. The number of aromatic nitrogens is 2. The van der Waals surface area contributed by atoms with Crippen LogP contribution in [0.2, 0.25) is 0 Å².